The molecule has 0 amide bonds. The number of piperazine rings is 1. The molecule has 0 saturated carbocycles. The van der Waals surface area contributed by atoms with Crippen LogP contribution in [0.4, 0.5) is 28.9 Å². The molecule has 208 valence electrons. The normalized spacial score (nSPS) is 19.4. The summed E-state index contributed by atoms with van der Waals surface area (Å²) in [4.78, 5) is 9.28. The number of rotatable bonds is 8. The minimum atomic E-state index is -4.51. The van der Waals surface area contributed by atoms with Gasteiger partial charge in [0.05, 0.1) is 11.1 Å². The van der Waals surface area contributed by atoms with Crippen molar-refractivity contribution in [3.63, 3.8) is 0 Å². The Labute approximate surface area is 230 Å². The van der Waals surface area contributed by atoms with Crippen molar-refractivity contribution in [2.75, 3.05) is 31.6 Å². The van der Waals surface area contributed by atoms with Gasteiger partial charge in [-0.25, -0.2) is 4.39 Å². The van der Waals surface area contributed by atoms with Gasteiger partial charge >= 0.3 is 6.18 Å². The molecule has 0 aliphatic carbocycles. The Hall–Kier alpha value is -3.69. The average molecular weight is 551 g/mol. The summed E-state index contributed by atoms with van der Waals surface area (Å²) in [6.45, 7) is 5.37. The lowest BCUT2D eigenvalue weighted by molar-refractivity contribution is -0.137. The van der Waals surface area contributed by atoms with Crippen LogP contribution in [0.3, 0.4) is 0 Å². The summed E-state index contributed by atoms with van der Waals surface area (Å²) >= 11 is 0. The van der Waals surface area contributed by atoms with Crippen LogP contribution in [-0.4, -0.2) is 53.1 Å². The number of aryl methyl sites for hydroxylation is 1. The summed E-state index contributed by atoms with van der Waals surface area (Å²) in [6, 6.07) is 20.5. The molecule has 1 unspecified atom stereocenters. The van der Waals surface area contributed by atoms with Gasteiger partial charge in [-0.05, 0) is 55.3 Å². The Morgan fingerprint density at radius 1 is 0.950 bits per heavy atom. The van der Waals surface area contributed by atoms with E-state index in [4.69, 9.17) is 4.74 Å². The number of alkyl halides is 3. The van der Waals surface area contributed by atoms with Crippen molar-refractivity contribution in [1.29, 1.82) is 0 Å². The molecule has 2 aliphatic rings. The summed E-state index contributed by atoms with van der Waals surface area (Å²) in [7, 11) is 0. The number of pyridine rings is 1. The van der Waals surface area contributed by atoms with E-state index in [2.05, 4.69) is 20.1 Å². The molecule has 2 atom stereocenters. The van der Waals surface area contributed by atoms with Gasteiger partial charge in [0.2, 0.25) is 0 Å². The summed E-state index contributed by atoms with van der Waals surface area (Å²) in [6.07, 6.45) is -3.45. The molecule has 2 bridgehead atoms. The molecule has 40 heavy (non-hydrogen) atoms. The predicted molar refractivity (Wildman–Crippen MR) is 147 cm³/mol. The Morgan fingerprint density at radius 2 is 1.70 bits per heavy atom. The number of hydrogen-bond acceptors (Lipinski definition) is 5. The second-order valence-corrected chi connectivity index (χ2v) is 10.6. The van der Waals surface area contributed by atoms with E-state index in [1.165, 1.54) is 12.1 Å². The number of nitrogens with zero attached hydrogens (tertiary/aromatic N) is 3. The summed E-state index contributed by atoms with van der Waals surface area (Å²) < 4.78 is 60.4. The van der Waals surface area contributed by atoms with E-state index < -0.39 is 11.7 Å². The molecule has 2 saturated heterocycles. The fourth-order valence-corrected chi connectivity index (χ4v) is 5.89. The Morgan fingerprint density at radius 3 is 2.45 bits per heavy atom. The number of para-hydroxylation sites is 1. The number of fused-ring (bicyclic) bond motifs is 3. The minimum Gasteiger partial charge on any atom is -0.492 e. The van der Waals surface area contributed by atoms with Gasteiger partial charge in [-0.1, -0.05) is 30.3 Å². The Bertz CT molecular complexity index is 1510. The van der Waals surface area contributed by atoms with Crippen LogP contribution in [0.25, 0.3) is 10.9 Å². The van der Waals surface area contributed by atoms with Crippen LogP contribution in [0.2, 0.25) is 0 Å². The number of benzene rings is 3. The van der Waals surface area contributed by atoms with Gasteiger partial charge in [0.25, 0.3) is 0 Å². The third kappa shape index (κ3) is 5.76. The highest BCUT2D eigenvalue weighted by Crippen LogP contribution is 2.36. The first kappa shape index (κ1) is 26.5. The second-order valence-electron chi connectivity index (χ2n) is 10.6. The molecule has 1 N–H and O–H groups in total. The lowest BCUT2D eigenvalue weighted by Gasteiger charge is -2.34. The topological polar surface area (TPSA) is 40.6 Å². The zero-order chi connectivity index (χ0) is 27.9. The number of anilines is 2. The molecular formula is C31H30F4N4O. The second kappa shape index (κ2) is 10.7. The monoisotopic (exact) mass is 550 g/mol. The minimum absolute atomic E-state index is 0.176. The molecule has 5 nitrogen and oxygen atoms in total. The van der Waals surface area contributed by atoms with E-state index in [-0.39, 0.29) is 11.6 Å². The Kier molecular flexibility index (Phi) is 7.10. The van der Waals surface area contributed by atoms with E-state index in [9.17, 15) is 17.6 Å². The van der Waals surface area contributed by atoms with Crippen LogP contribution in [0.1, 0.15) is 23.2 Å². The fourth-order valence-electron chi connectivity index (χ4n) is 5.89. The van der Waals surface area contributed by atoms with Gasteiger partial charge in [-0.15, -0.1) is 0 Å². The summed E-state index contributed by atoms with van der Waals surface area (Å²) in [5.41, 5.74) is 2.85. The van der Waals surface area contributed by atoms with Crippen molar-refractivity contribution in [2.45, 2.75) is 38.1 Å². The van der Waals surface area contributed by atoms with Crippen LogP contribution in [0.5, 0.6) is 5.75 Å². The maximum atomic E-state index is 13.8. The maximum Gasteiger partial charge on any atom is 0.416 e. The van der Waals surface area contributed by atoms with E-state index in [0.717, 1.165) is 60.3 Å². The smallest absolute Gasteiger partial charge is 0.416 e. The Balaban J connectivity index is 1.11. The number of ether oxygens (including phenoxy) is 1. The van der Waals surface area contributed by atoms with Crippen LogP contribution in [0.15, 0.2) is 72.8 Å². The predicted octanol–water partition coefficient (Wildman–Crippen LogP) is 6.78. The van der Waals surface area contributed by atoms with Crippen molar-refractivity contribution in [3.05, 3.63) is 95.4 Å². The van der Waals surface area contributed by atoms with Gasteiger partial charge in [0, 0.05) is 66.8 Å². The lowest BCUT2D eigenvalue weighted by atomic mass is 10.1. The van der Waals surface area contributed by atoms with Gasteiger partial charge in [0.15, 0.2) is 0 Å². The number of hydrogen-bond donors (Lipinski definition) is 1. The first-order chi connectivity index (χ1) is 19.2. The van der Waals surface area contributed by atoms with Crippen molar-refractivity contribution in [3.8, 4) is 5.75 Å². The van der Waals surface area contributed by atoms with Crippen LogP contribution >= 0.6 is 0 Å². The van der Waals surface area contributed by atoms with Gasteiger partial charge in [-0.2, -0.15) is 13.2 Å². The molecular weight excluding hydrogens is 520 g/mol. The molecule has 3 aromatic carbocycles. The van der Waals surface area contributed by atoms with Gasteiger partial charge in [-0.3, -0.25) is 14.8 Å². The summed E-state index contributed by atoms with van der Waals surface area (Å²) in [5.74, 6) is -0.0581. The van der Waals surface area contributed by atoms with Crippen LogP contribution in [0, 0.1) is 12.7 Å². The zero-order valence-corrected chi connectivity index (χ0v) is 22.1. The summed E-state index contributed by atoms with van der Waals surface area (Å²) in [5, 5.41) is 3.99. The standard InChI is InChI=1S/C31H30F4N4O/c1-20-12-30(28-4-2-3-5-29(28)36-20)37-24-13-22(31(33,34)35)14-27(15-24)40-11-10-38-18-26-16-25(38)19-39(26)17-21-6-8-23(32)9-7-21/h2-9,12-15,25-26H,10-11,16-19H2,1H3,(H,36,37)/t25?,26-/m0/s1. The first-order valence-electron chi connectivity index (χ1n) is 13.4. The molecule has 2 fully saturated rings. The van der Waals surface area contributed by atoms with E-state index in [1.54, 1.807) is 6.07 Å². The first-order valence-corrected chi connectivity index (χ1v) is 13.4. The van der Waals surface area contributed by atoms with E-state index in [0.29, 0.717) is 36.6 Å². The van der Waals surface area contributed by atoms with Crippen molar-refractivity contribution in [1.82, 2.24) is 14.8 Å². The molecule has 1 aromatic heterocycles. The molecule has 0 radical (unpaired) electrons. The molecule has 2 aliphatic heterocycles. The van der Waals surface area contributed by atoms with E-state index >= 15 is 0 Å². The van der Waals surface area contributed by atoms with Gasteiger partial charge < -0.3 is 10.1 Å². The SMILES string of the molecule is Cc1cc(Nc2cc(OCCN3C[C@@H]4CC3CN4Cc3ccc(F)cc3)cc(C(F)(F)F)c2)c2ccccc2n1. The molecule has 9 heteroatoms. The average Bonchev–Trinajstić information content (AvgIpc) is 3.50. The molecule has 4 aromatic rings. The zero-order valence-electron chi connectivity index (χ0n) is 22.1. The highest BCUT2D eigenvalue weighted by Gasteiger charge is 2.42. The van der Waals surface area contributed by atoms with E-state index in [1.807, 2.05) is 49.4 Å². The van der Waals surface area contributed by atoms with Crippen molar-refractivity contribution >= 4 is 22.3 Å². The number of likely N-dealkylation sites (tertiary alicyclic amines) is 2. The van der Waals surface area contributed by atoms with Crippen LogP contribution in [-0.2, 0) is 12.7 Å². The maximum absolute atomic E-state index is 13.8. The fraction of sp³-hybridized carbons (Fsp3) is 0.323. The quantitative estimate of drug-likeness (QED) is 0.245. The number of aromatic nitrogens is 1. The van der Waals surface area contributed by atoms with Gasteiger partial charge in [0.1, 0.15) is 18.2 Å². The van der Waals surface area contributed by atoms with Crippen LogP contribution < -0.4 is 10.1 Å². The molecule has 0 spiro atoms. The molecule has 3 heterocycles. The van der Waals surface area contributed by atoms with Crippen molar-refractivity contribution < 1.29 is 22.3 Å². The highest BCUT2D eigenvalue weighted by molar-refractivity contribution is 5.93. The lowest BCUT2D eigenvalue weighted by Crippen LogP contribution is -2.47. The largest absolute Gasteiger partial charge is 0.492 e. The highest BCUT2D eigenvalue weighted by atomic mass is 19.4. The number of nitrogens with one attached hydrogen (secondary N) is 1. The third-order valence-corrected chi connectivity index (χ3v) is 7.77. The molecule has 6 rings (SSSR count). The van der Waals surface area contributed by atoms with Crippen molar-refractivity contribution in [2.24, 2.45) is 0 Å². The number of halogens is 4. The third-order valence-electron chi connectivity index (χ3n) is 7.77.